The van der Waals surface area contributed by atoms with Gasteiger partial charge in [0.05, 0.1) is 12.9 Å². The van der Waals surface area contributed by atoms with Gasteiger partial charge in [0.25, 0.3) is 0 Å². The molecule has 2 aromatic rings. The Hall–Kier alpha value is -2.02. The van der Waals surface area contributed by atoms with E-state index in [2.05, 4.69) is 47.8 Å². The number of hydrogen-bond acceptors (Lipinski definition) is 6. The average Bonchev–Trinajstić information content (AvgIpc) is 2.93. The van der Waals surface area contributed by atoms with Gasteiger partial charge in [0.1, 0.15) is 5.75 Å². The maximum Gasteiger partial charge on any atom is 0.316 e. The second-order valence-corrected chi connectivity index (χ2v) is 7.74. The van der Waals surface area contributed by atoms with Crippen LogP contribution < -0.4 is 4.74 Å². The fraction of sp³-hybridized carbons (Fsp3) is 0.500. The minimum atomic E-state index is -0.294. The first-order valence-corrected chi connectivity index (χ1v) is 9.07. The average molecular weight is 363 g/mol. The smallest absolute Gasteiger partial charge is 0.316 e. The van der Waals surface area contributed by atoms with E-state index in [9.17, 15) is 4.79 Å². The molecule has 0 fully saturated rings. The van der Waals surface area contributed by atoms with Gasteiger partial charge in [-0.2, -0.15) is 0 Å². The molecule has 25 heavy (non-hydrogen) atoms. The summed E-state index contributed by atoms with van der Waals surface area (Å²) in [6.07, 6.45) is -0.259. The van der Waals surface area contributed by atoms with Crippen molar-refractivity contribution in [3.63, 3.8) is 0 Å². The molecule has 0 bridgehead atoms. The third-order valence-electron chi connectivity index (χ3n) is 3.81. The highest BCUT2D eigenvalue weighted by Crippen LogP contribution is 2.27. The summed E-state index contributed by atoms with van der Waals surface area (Å²) in [7, 11) is 3.23. The summed E-state index contributed by atoms with van der Waals surface area (Å²) in [6.45, 7) is 8.46. The predicted molar refractivity (Wildman–Crippen MR) is 97.9 cm³/mol. The number of methoxy groups -OCH3 is 1. The van der Waals surface area contributed by atoms with Crippen LogP contribution in [0.3, 0.4) is 0 Å². The van der Waals surface area contributed by atoms with Crippen LogP contribution in [0.15, 0.2) is 29.4 Å². The number of aromatic nitrogens is 3. The van der Waals surface area contributed by atoms with Crippen LogP contribution in [0.25, 0.3) is 0 Å². The zero-order valence-electron chi connectivity index (χ0n) is 15.6. The predicted octanol–water partition coefficient (Wildman–Crippen LogP) is 3.52. The molecule has 0 aliphatic rings. The van der Waals surface area contributed by atoms with Crippen molar-refractivity contribution in [1.29, 1.82) is 0 Å². The first kappa shape index (κ1) is 19.3. The molecule has 0 aliphatic carbocycles. The summed E-state index contributed by atoms with van der Waals surface area (Å²) >= 11 is 1.29. The molecule has 0 saturated carbocycles. The first-order valence-electron chi connectivity index (χ1n) is 8.08. The van der Waals surface area contributed by atoms with Crippen molar-refractivity contribution < 1.29 is 14.3 Å². The van der Waals surface area contributed by atoms with Gasteiger partial charge in [-0.25, -0.2) is 0 Å². The van der Waals surface area contributed by atoms with Crippen molar-refractivity contribution in [2.24, 2.45) is 7.05 Å². The van der Waals surface area contributed by atoms with Crippen LogP contribution in [0.2, 0.25) is 0 Å². The van der Waals surface area contributed by atoms with Crippen molar-refractivity contribution in [3.05, 3.63) is 35.7 Å². The van der Waals surface area contributed by atoms with Crippen molar-refractivity contribution in [2.75, 3.05) is 12.9 Å². The van der Waals surface area contributed by atoms with Crippen molar-refractivity contribution >= 4 is 17.7 Å². The summed E-state index contributed by atoms with van der Waals surface area (Å²) in [5, 5.41) is 8.96. The minimum Gasteiger partial charge on any atom is -0.483 e. The summed E-state index contributed by atoms with van der Waals surface area (Å²) < 4.78 is 12.5. The standard InChI is InChI=1S/C18H25N3O3S/c1-12(24-14-9-7-13(8-10-14)18(2,3)4)16-19-20-17(21(16)5)25-11-15(22)23-6/h7-10,12H,11H2,1-6H3. The molecule has 0 N–H and O–H groups in total. The van der Waals surface area contributed by atoms with Gasteiger partial charge in [-0.15, -0.1) is 10.2 Å². The fourth-order valence-electron chi connectivity index (χ4n) is 2.28. The van der Waals surface area contributed by atoms with Gasteiger partial charge in [-0.1, -0.05) is 44.7 Å². The number of carbonyl (C=O) groups is 1. The Labute approximate surface area is 152 Å². The highest BCUT2D eigenvalue weighted by molar-refractivity contribution is 7.99. The summed E-state index contributed by atoms with van der Waals surface area (Å²) in [5.41, 5.74) is 1.37. The molecule has 0 radical (unpaired) electrons. The number of carbonyl (C=O) groups excluding carboxylic acids is 1. The Bertz CT molecular complexity index is 720. The van der Waals surface area contributed by atoms with Crippen LogP contribution in [0.1, 0.15) is 45.2 Å². The normalized spacial score (nSPS) is 12.7. The Morgan fingerprint density at radius 3 is 2.44 bits per heavy atom. The van der Waals surface area contributed by atoms with E-state index < -0.39 is 0 Å². The molecule has 0 saturated heterocycles. The quantitative estimate of drug-likeness (QED) is 0.578. The van der Waals surface area contributed by atoms with Gasteiger partial charge in [-0.3, -0.25) is 4.79 Å². The molecule has 1 heterocycles. The lowest BCUT2D eigenvalue weighted by molar-refractivity contribution is -0.137. The van der Waals surface area contributed by atoms with Crippen molar-refractivity contribution in [2.45, 2.75) is 44.4 Å². The molecule has 6 nitrogen and oxygen atoms in total. The first-order chi connectivity index (χ1) is 11.7. The van der Waals surface area contributed by atoms with Crippen LogP contribution in [-0.2, 0) is 22.0 Å². The van der Waals surface area contributed by atoms with Crippen molar-refractivity contribution in [3.8, 4) is 5.75 Å². The lowest BCUT2D eigenvalue weighted by Crippen LogP contribution is -2.12. The van der Waals surface area contributed by atoms with Gasteiger partial charge >= 0.3 is 5.97 Å². The molecular weight excluding hydrogens is 338 g/mol. The summed E-state index contributed by atoms with van der Waals surface area (Å²) in [6, 6.07) is 8.10. The van der Waals surface area contributed by atoms with Crippen LogP contribution >= 0.6 is 11.8 Å². The van der Waals surface area contributed by atoms with Gasteiger partial charge in [0.15, 0.2) is 17.1 Å². The molecule has 0 spiro atoms. The highest BCUT2D eigenvalue weighted by atomic mass is 32.2. The molecule has 0 aliphatic heterocycles. The SMILES string of the molecule is COC(=O)CSc1nnc(C(C)Oc2ccc(C(C)(C)C)cc2)n1C. The number of esters is 1. The zero-order valence-corrected chi connectivity index (χ0v) is 16.4. The van der Waals surface area contributed by atoms with E-state index in [0.29, 0.717) is 11.0 Å². The minimum absolute atomic E-state index is 0.111. The topological polar surface area (TPSA) is 66.2 Å². The lowest BCUT2D eigenvalue weighted by Gasteiger charge is -2.20. The van der Waals surface area contributed by atoms with Gasteiger partial charge in [0.2, 0.25) is 0 Å². The monoisotopic (exact) mass is 363 g/mol. The Morgan fingerprint density at radius 2 is 1.88 bits per heavy atom. The van der Waals surface area contributed by atoms with Gasteiger partial charge < -0.3 is 14.0 Å². The van der Waals surface area contributed by atoms with E-state index in [1.807, 2.05) is 30.7 Å². The van der Waals surface area contributed by atoms with Crippen LogP contribution in [0.5, 0.6) is 5.75 Å². The fourth-order valence-corrected chi connectivity index (χ4v) is 3.03. The second-order valence-electron chi connectivity index (χ2n) is 6.80. The Kier molecular flexibility index (Phi) is 6.11. The number of thioether (sulfide) groups is 1. The molecule has 1 aromatic heterocycles. The molecule has 1 unspecified atom stereocenters. The zero-order chi connectivity index (χ0) is 18.6. The second kappa shape index (κ2) is 7.91. The Morgan fingerprint density at radius 1 is 1.24 bits per heavy atom. The number of nitrogens with zero attached hydrogens (tertiary/aromatic N) is 3. The van der Waals surface area contributed by atoms with Crippen LogP contribution in [0, 0.1) is 0 Å². The molecule has 2 rings (SSSR count). The number of ether oxygens (including phenoxy) is 2. The maximum absolute atomic E-state index is 11.3. The third-order valence-corrected chi connectivity index (χ3v) is 4.81. The largest absolute Gasteiger partial charge is 0.483 e. The van der Waals surface area contributed by atoms with E-state index in [1.54, 1.807) is 0 Å². The molecule has 1 aromatic carbocycles. The van der Waals surface area contributed by atoms with Gasteiger partial charge in [0, 0.05) is 7.05 Å². The molecule has 7 heteroatoms. The van der Waals surface area contributed by atoms with E-state index >= 15 is 0 Å². The lowest BCUT2D eigenvalue weighted by atomic mass is 9.87. The number of hydrogen-bond donors (Lipinski definition) is 0. The summed E-state index contributed by atoms with van der Waals surface area (Å²) in [4.78, 5) is 11.3. The maximum atomic E-state index is 11.3. The number of benzene rings is 1. The van der Waals surface area contributed by atoms with Gasteiger partial charge in [-0.05, 0) is 30.0 Å². The molecule has 136 valence electrons. The summed E-state index contributed by atoms with van der Waals surface area (Å²) in [5.74, 6) is 1.39. The van der Waals surface area contributed by atoms with E-state index in [1.165, 1.54) is 24.4 Å². The van der Waals surface area contributed by atoms with Crippen LogP contribution in [0.4, 0.5) is 0 Å². The van der Waals surface area contributed by atoms with Crippen molar-refractivity contribution in [1.82, 2.24) is 14.8 Å². The Balaban J connectivity index is 2.04. The molecule has 0 amide bonds. The van der Waals surface area contributed by atoms with E-state index in [0.717, 1.165) is 5.75 Å². The third kappa shape index (κ3) is 4.98. The highest BCUT2D eigenvalue weighted by Gasteiger charge is 2.19. The number of rotatable bonds is 6. The van der Waals surface area contributed by atoms with E-state index in [4.69, 9.17) is 4.74 Å². The molecular formula is C18H25N3O3S. The van der Waals surface area contributed by atoms with Crippen LogP contribution in [-0.4, -0.2) is 33.6 Å². The molecule has 1 atom stereocenters. The van der Waals surface area contributed by atoms with E-state index in [-0.39, 0.29) is 23.2 Å².